The maximum atomic E-state index is 12.9. The van der Waals surface area contributed by atoms with E-state index in [9.17, 15) is 19.5 Å². The van der Waals surface area contributed by atoms with Crippen LogP contribution in [0.25, 0.3) is 0 Å². The first-order valence-corrected chi connectivity index (χ1v) is 37.7. The average molecular weight is 1210 g/mol. The number of quaternary nitrogens is 1. The van der Waals surface area contributed by atoms with Crippen LogP contribution < -0.4 is 0 Å². The van der Waals surface area contributed by atoms with E-state index < -0.39 is 24.3 Å². The molecule has 0 aromatic rings. The van der Waals surface area contributed by atoms with Gasteiger partial charge in [-0.15, -0.1) is 0 Å². The SMILES string of the molecule is CCCCCCC/C=C\C/C=C\C/C=C\CCCCCCCCC(=O)OC(COC(=O)CCCCCCCCCCCCCCCCCCCCCCCCCCCCCCCCCCCCCCCCCC)COC(OCC[N+](C)(C)C)C(=O)O. The topological polar surface area (TPSA) is 108 Å². The van der Waals surface area contributed by atoms with Crippen molar-refractivity contribution in [1.82, 2.24) is 0 Å². The number of hydrogen-bond donors (Lipinski definition) is 1. The minimum absolute atomic E-state index is 0.184. The molecule has 0 aliphatic carbocycles. The van der Waals surface area contributed by atoms with Gasteiger partial charge in [0, 0.05) is 12.8 Å². The van der Waals surface area contributed by atoms with E-state index in [1.54, 1.807) is 0 Å². The molecule has 0 aromatic heterocycles. The number of likely N-dealkylation sites (N-methyl/N-ethyl adjacent to an activating group) is 1. The van der Waals surface area contributed by atoms with Crippen LogP contribution >= 0.6 is 0 Å². The number of esters is 2. The molecule has 0 saturated carbocycles. The van der Waals surface area contributed by atoms with Crippen molar-refractivity contribution >= 4 is 17.9 Å². The van der Waals surface area contributed by atoms with Crippen molar-refractivity contribution in [3.63, 3.8) is 0 Å². The smallest absolute Gasteiger partial charge is 0.361 e. The summed E-state index contributed by atoms with van der Waals surface area (Å²) in [6, 6.07) is 0. The summed E-state index contributed by atoms with van der Waals surface area (Å²) in [7, 11) is 5.98. The number of aliphatic carboxylic acids is 1. The first kappa shape index (κ1) is 83.5. The quantitative estimate of drug-likeness (QED) is 0.0211. The zero-order valence-electron chi connectivity index (χ0n) is 58.0. The lowest BCUT2D eigenvalue weighted by atomic mass is 10.0. The van der Waals surface area contributed by atoms with E-state index in [0.717, 1.165) is 57.8 Å². The number of allylic oxidation sites excluding steroid dienone is 6. The van der Waals surface area contributed by atoms with Gasteiger partial charge in [-0.3, -0.25) is 9.59 Å². The molecule has 1 N–H and O–H groups in total. The number of carboxylic acids is 1. The van der Waals surface area contributed by atoms with Gasteiger partial charge in [-0.2, -0.15) is 0 Å². The van der Waals surface area contributed by atoms with Gasteiger partial charge >= 0.3 is 17.9 Å². The fraction of sp³-hybridized carbons (Fsp3) is 0.883. The molecule has 0 heterocycles. The van der Waals surface area contributed by atoms with E-state index in [1.807, 2.05) is 21.1 Å². The summed E-state index contributed by atoms with van der Waals surface area (Å²) < 4.78 is 23.0. The highest BCUT2D eigenvalue weighted by Gasteiger charge is 2.25. The Hall–Kier alpha value is -2.49. The molecule has 0 aromatic carbocycles. The molecule has 0 spiro atoms. The number of carboxylic acid groups (broad SMARTS) is 1. The third kappa shape index (κ3) is 69.0. The molecule has 506 valence electrons. The van der Waals surface area contributed by atoms with E-state index in [0.29, 0.717) is 23.9 Å². The lowest BCUT2D eigenvalue weighted by Gasteiger charge is -2.25. The predicted molar refractivity (Wildman–Crippen MR) is 369 cm³/mol. The molecule has 2 unspecified atom stereocenters. The third-order valence-corrected chi connectivity index (χ3v) is 17.1. The zero-order chi connectivity index (χ0) is 62.6. The molecule has 0 saturated heterocycles. The molecule has 0 fully saturated rings. The molecular formula is C77H146NO8+. The van der Waals surface area contributed by atoms with Crippen molar-refractivity contribution in [2.24, 2.45) is 0 Å². The fourth-order valence-corrected chi connectivity index (χ4v) is 11.4. The Labute approximate surface area is 534 Å². The van der Waals surface area contributed by atoms with Crippen LogP contribution in [0.3, 0.4) is 0 Å². The molecule has 0 bridgehead atoms. The van der Waals surface area contributed by atoms with Crippen LogP contribution in [-0.4, -0.2) is 87.4 Å². The van der Waals surface area contributed by atoms with Crippen molar-refractivity contribution in [2.75, 3.05) is 47.5 Å². The molecule has 0 aliphatic heterocycles. The second-order valence-corrected chi connectivity index (χ2v) is 27.0. The normalized spacial score (nSPS) is 12.8. The van der Waals surface area contributed by atoms with Gasteiger partial charge in [-0.1, -0.05) is 352 Å². The number of nitrogens with zero attached hydrogens (tertiary/aromatic N) is 1. The van der Waals surface area contributed by atoms with E-state index in [-0.39, 0.29) is 32.2 Å². The Bertz CT molecular complexity index is 1500. The summed E-state index contributed by atoms with van der Waals surface area (Å²) in [4.78, 5) is 37.6. The number of carbonyl (C=O) groups excluding carboxylic acids is 2. The van der Waals surface area contributed by atoms with Gasteiger partial charge in [0.05, 0.1) is 34.4 Å². The molecular weight excluding hydrogens is 1070 g/mol. The maximum Gasteiger partial charge on any atom is 0.361 e. The molecule has 2 atom stereocenters. The van der Waals surface area contributed by atoms with Crippen LogP contribution in [-0.2, 0) is 33.3 Å². The van der Waals surface area contributed by atoms with E-state index in [1.165, 1.54) is 289 Å². The Morgan fingerprint density at radius 1 is 0.349 bits per heavy atom. The molecule has 0 amide bonds. The predicted octanol–water partition coefficient (Wildman–Crippen LogP) is 23.5. The summed E-state index contributed by atoms with van der Waals surface area (Å²) in [6.45, 7) is 4.91. The summed E-state index contributed by atoms with van der Waals surface area (Å²) in [5, 5.41) is 9.74. The number of hydrogen-bond acceptors (Lipinski definition) is 7. The number of unbranched alkanes of at least 4 members (excludes halogenated alkanes) is 50. The average Bonchev–Trinajstić information content (AvgIpc) is 3.64. The van der Waals surface area contributed by atoms with E-state index in [2.05, 4.69) is 50.3 Å². The van der Waals surface area contributed by atoms with E-state index in [4.69, 9.17) is 18.9 Å². The summed E-state index contributed by atoms with van der Waals surface area (Å²) in [5.74, 6) is -2.00. The van der Waals surface area contributed by atoms with Gasteiger partial charge in [0.25, 0.3) is 6.29 Å². The van der Waals surface area contributed by atoms with Crippen molar-refractivity contribution in [3.05, 3.63) is 36.5 Å². The van der Waals surface area contributed by atoms with Crippen molar-refractivity contribution < 1.29 is 42.9 Å². The lowest BCUT2D eigenvalue weighted by molar-refractivity contribution is -0.870. The number of ether oxygens (including phenoxy) is 4. The molecule has 0 aliphatic rings. The molecule has 9 heteroatoms. The second kappa shape index (κ2) is 68.4. The van der Waals surface area contributed by atoms with Gasteiger partial charge < -0.3 is 28.5 Å². The highest BCUT2D eigenvalue weighted by molar-refractivity contribution is 5.71. The van der Waals surface area contributed by atoms with Crippen LogP contribution in [0.15, 0.2) is 36.5 Å². The van der Waals surface area contributed by atoms with Crippen LogP contribution in [0.2, 0.25) is 0 Å². The van der Waals surface area contributed by atoms with Crippen LogP contribution in [0.1, 0.15) is 380 Å². The lowest BCUT2D eigenvalue weighted by Crippen LogP contribution is -2.40. The van der Waals surface area contributed by atoms with Crippen LogP contribution in [0.4, 0.5) is 0 Å². The summed E-state index contributed by atoms with van der Waals surface area (Å²) in [5.41, 5.74) is 0. The Morgan fingerprint density at radius 3 is 0.930 bits per heavy atom. The van der Waals surface area contributed by atoms with Gasteiger partial charge in [0.2, 0.25) is 0 Å². The molecule has 86 heavy (non-hydrogen) atoms. The first-order chi connectivity index (χ1) is 42.1. The molecule has 9 nitrogen and oxygen atoms in total. The van der Waals surface area contributed by atoms with Crippen molar-refractivity contribution in [3.8, 4) is 0 Å². The first-order valence-electron chi connectivity index (χ1n) is 37.7. The monoisotopic (exact) mass is 1210 g/mol. The van der Waals surface area contributed by atoms with Crippen LogP contribution in [0.5, 0.6) is 0 Å². The van der Waals surface area contributed by atoms with Gasteiger partial charge in [0.15, 0.2) is 6.10 Å². The minimum Gasteiger partial charge on any atom is -0.477 e. The Morgan fingerprint density at radius 2 is 0.628 bits per heavy atom. The summed E-state index contributed by atoms with van der Waals surface area (Å²) >= 11 is 0. The third-order valence-electron chi connectivity index (χ3n) is 17.1. The molecule has 0 radical (unpaired) electrons. The minimum atomic E-state index is -1.51. The van der Waals surface area contributed by atoms with Crippen molar-refractivity contribution in [2.45, 2.75) is 392 Å². The zero-order valence-corrected chi connectivity index (χ0v) is 58.0. The van der Waals surface area contributed by atoms with E-state index >= 15 is 0 Å². The summed E-state index contributed by atoms with van der Waals surface area (Å²) in [6.07, 6.45) is 84.5. The van der Waals surface area contributed by atoms with Gasteiger partial charge in [-0.25, -0.2) is 4.79 Å². The highest BCUT2D eigenvalue weighted by atomic mass is 16.7. The second-order valence-electron chi connectivity index (χ2n) is 27.0. The largest absolute Gasteiger partial charge is 0.477 e. The van der Waals surface area contributed by atoms with Gasteiger partial charge in [0.1, 0.15) is 13.2 Å². The Balaban J connectivity index is 3.93. The number of rotatable bonds is 71. The maximum absolute atomic E-state index is 12.9. The van der Waals surface area contributed by atoms with Gasteiger partial charge in [-0.05, 0) is 51.4 Å². The standard InChI is InChI=1S/C77H145NO8/c1-6-8-10-12-14-16-18-20-22-24-26-28-29-30-31-32-33-34-35-36-37-38-39-40-41-42-43-44-45-46-48-49-51-53-55-57-59-61-63-65-67-74(79)84-71-73(72-85-77(76(81)82)83-70-69-78(3,4)5)86-75(80)68-66-64-62-60-58-56-54-52-50-47-27-25-23-21-19-17-15-13-11-9-7-2/h19,21,25,27,50,52,73,77H,6-18,20,22-24,26,28-49,51,53-72H2,1-5H3/p+1/b21-19-,27-25-,52-50-. The van der Waals surface area contributed by atoms with Crippen molar-refractivity contribution in [1.29, 1.82) is 0 Å². The Kier molecular flexibility index (Phi) is 66.4. The fourth-order valence-electron chi connectivity index (χ4n) is 11.4. The van der Waals surface area contributed by atoms with Crippen LogP contribution in [0, 0.1) is 0 Å². The number of carbonyl (C=O) groups is 3. The highest BCUT2D eigenvalue weighted by Crippen LogP contribution is 2.19. The molecule has 0 rings (SSSR count).